The Balaban J connectivity index is 1.63. The molecule has 3 aromatic rings. The molecule has 1 atom stereocenters. The van der Waals surface area contributed by atoms with Gasteiger partial charge in [0, 0.05) is 19.6 Å². The van der Waals surface area contributed by atoms with Crippen LogP contribution in [0, 0.1) is 12.7 Å². The van der Waals surface area contributed by atoms with E-state index in [4.69, 9.17) is 4.74 Å². The number of halogens is 1. The quantitative estimate of drug-likeness (QED) is 0.591. The van der Waals surface area contributed by atoms with E-state index >= 15 is 0 Å². The normalized spacial score (nSPS) is 12.1. The topological polar surface area (TPSA) is 32.7 Å². The third-order valence-corrected chi connectivity index (χ3v) is 4.56. The Morgan fingerprint density at radius 3 is 2.14 bits per heavy atom. The second-order valence-corrected chi connectivity index (χ2v) is 7.01. The highest BCUT2D eigenvalue weighted by molar-refractivity contribution is 5.31. The van der Waals surface area contributed by atoms with E-state index in [9.17, 15) is 9.50 Å². The minimum atomic E-state index is -0.635. The Labute approximate surface area is 166 Å². The molecule has 0 spiro atoms. The third-order valence-electron chi connectivity index (χ3n) is 4.56. The summed E-state index contributed by atoms with van der Waals surface area (Å²) in [6.45, 7) is 3.98. The van der Waals surface area contributed by atoms with Crippen LogP contribution in [0.1, 0.15) is 16.7 Å². The van der Waals surface area contributed by atoms with Crippen LogP contribution in [0.4, 0.5) is 4.39 Å². The summed E-state index contributed by atoms with van der Waals surface area (Å²) in [6.07, 6.45) is -0.635. The Bertz CT molecular complexity index is 852. The summed E-state index contributed by atoms with van der Waals surface area (Å²) in [5.74, 6) is 0.541. The fourth-order valence-corrected chi connectivity index (χ4v) is 3.13. The smallest absolute Gasteiger partial charge is 0.123 e. The molecule has 0 amide bonds. The number of benzene rings is 3. The van der Waals surface area contributed by atoms with Crippen LogP contribution in [-0.2, 0) is 13.1 Å². The van der Waals surface area contributed by atoms with E-state index in [1.54, 1.807) is 12.1 Å². The van der Waals surface area contributed by atoms with Crippen LogP contribution in [0.15, 0.2) is 78.9 Å². The predicted octanol–water partition coefficient (Wildman–Crippen LogP) is 4.58. The van der Waals surface area contributed by atoms with Gasteiger partial charge in [0.25, 0.3) is 0 Å². The number of aliphatic hydroxyl groups is 1. The Morgan fingerprint density at radius 1 is 0.857 bits per heavy atom. The molecule has 3 aromatic carbocycles. The van der Waals surface area contributed by atoms with E-state index in [2.05, 4.69) is 17.0 Å². The first kappa shape index (κ1) is 20.1. The van der Waals surface area contributed by atoms with Crippen molar-refractivity contribution in [2.75, 3.05) is 13.2 Å². The van der Waals surface area contributed by atoms with Crippen LogP contribution in [-0.4, -0.2) is 29.3 Å². The van der Waals surface area contributed by atoms with Gasteiger partial charge >= 0.3 is 0 Å². The molecule has 0 heterocycles. The lowest BCUT2D eigenvalue weighted by Gasteiger charge is -2.25. The minimum absolute atomic E-state index is 0.222. The lowest BCUT2D eigenvalue weighted by atomic mass is 10.1. The summed E-state index contributed by atoms with van der Waals surface area (Å²) >= 11 is 0. The summed E-state index contributed by atoms with van der Waals surface area (Å²) in [7, 11) is 0. The van der Waals surface area contributed by atoms with Crippen LogP contribution in [0.5, 0.6) is 5.75 Å². The van der Waals surface area contributed by atoms with Crippen molar-refractivity contribution >= 4 is 0 Å². The van der Waals surface area contributed by atoms with E-state index in [-0.39, 0.29) is 12.4 Å². The highest BCUT2D eigenvalue weighted by Gasteiger charge is 2.14. The van der Waals surface area contributed by atoms with Crippen LogP contribution in [0.25, 0.3) is 0 Å². The summed E-state index contributed by atoms with van der Waals surface area (Å²) in [5, 5.41) is 10.5. The minimum Gasteiger partial charge on any atom is -0.491 e. The number of aryl methyl sites for hydroxylation is 1. The Morgan fingerprint density at radius 2 is 1.46 bits per heavy atom. The molecule has 3 nitrogen and oxygen atoms in total. The maximum absolute atomic E-state index is 13.2. The van der Waals surface area contributed by atoms with Crippen LogP contribution in [0.3, 0.4) is 0 Å². The lowest BCUT2D eigenvalue weighted by molar-refractivity contribution is 0.0626. The fraction of sp³-hybridized carbons (Fsp3) is 0.250. The first-order valence-corrected chi connectivity index (χ1v) is 9.47. The second-order valence-electron chi connectivity index (χ2n) is 7.01. The van der Waals surface area contributed by atoms with Gasteiger partial charge in [-0.05, 0) is 41.8 Å². The summed E-state index contributed by atoms with van der Waals surface area (Å²) < 4.78 is 19.0. The molecule has 146 valence electrons. The highest BCUT2D eigenvalue weighted by atomic mass is 19.1. The zero-order valence-corrected chi connectivity index (χ0v) is 16.1. The molecule has 0 fully saturated rings. The third kappa shape index (κ3) is 6.19. The van der Waals surface area contributed by atoms with Gasteiger partial charge in [-0.2, -0.15) is 0 Å². The molecule has 0 aromatic heterocycles. The maximum atomic E-state index is 13.2. The number of ether oxygens (including phenoxy) is 1. The number of nitrogens with zero attached hydrogens (tertiary/aromatic N) is 1. The van der Waals surface area contributed by atoms with Gasteiger partial charge < -0.3 is 9.84 Å². The molecule has 0 radical (unpaired) electrons. The van der Waals surface area contributed by atoms with E-state index in [1.807, 2.05) is 49.4 Å². The zero-order chi connectivity index (χ0) is 19.8. The van der Waals surface area contributed by atoms with E-state index in [1.165, 1.54) is 12.1 Å². The Hall–Kier alpha value is -2.69. The van der Waals surface area contributed by atoms with Crippen molar-refractivity contribution in [3.8, 4) is 5.75 Å². The molecule has 4 heteroatoms. The molecule has 0 aliphatic carbocycles. The molecular formula is C24H26FNO2. The zero-order valence-electron chi connectivity index (χ0n) is 16.1. The molecule has 1 N–H and O–H groups in total. The van der Waals surface area contributed by atoms with Crippen LogP contribution in [0.2, 0.25) is 0 Å². The summed E-state index contributed by atoms with van der Waals surface area (Å²) in [4.78, 5) is 2.15. The number of aliphatic hydroxyl groups excluding tert-OH is 1. The average molecular weight is 379 g/mol. The van der Waals surface area contributed by atoms with Crippen molar-refractivity contribution in [2.45, 2.75) is 26.1 Å². The molecule has 28 heavy (non-hydrogen) atoms. The van der Waals surface area contributed by atoms with Crippen LogP contribution >= 0.6 is 0 Å². The van der Waals surface area contributed by atoms with Gasteiger partial charge in [-0.15, -0.1) is 0 Å². The average Bonchev–Trinajstić information content (AvgIpc) is 2.70. The van der Waals surface area contributed by atoms with Crippen molar-refractivity contribution in [3.63, 3.8) is 0 Å². The van der Waals surface area contributed by atoms with Gasteiger partial charge in [0.2, 0.25) is 0 Å². The summed E-state index contributed by atoms with van der Waals surface area (Å²) in [5.41, 5.74) is 3.21. The highest BCUT2D eigenvalue weighted by Crippen LogP contribution is 2.17. The molecule has 3 rings (SSSR count). The standard InChI is InChI=1S/C24H26FNO2/c1-19-7-5-6-10-24(19)28-18-23(27)17-26(15-20-8-3-2-4-9-20)16-21-11-13-22(25)14-12-21/h2-14,23,27H,15-18H2,1H3/t23-/m0/s1. The van der Waals surface area contributed by atoms with Crippen molar-refractivity contribution < 1.29 is 14.2 Å². The van der Waals surface area contributed by atoms with Gasteiger partial charge in [-0.3, -0.25) is 4.90 Å². The first-order chi connectivity index (χ1) is 13.6. The molecule has 0 bridgehead atoms. The first-order valence-electron chi connectivity index (χ1n) is 9.47. The fourth-order valence-electron chi connectivity index (χ4n) is 3.13. The van der Waals surface area contributed by atoms with Gasteiger partial charge in [0.1, 0.15) is 24.3 Å². The van der Waals surface area contributed by atoms with E-state index in [0.717, 1.165) is 22.4 Å². The molecule has 0 aliphatic heterocycles. The van der Waals surface area contributed by atoms with Gasteiger partial charge in [0.05, 0.1) is 0 Å². The molecule has 0 saturated heterocycles. The van der Waals surface area contributed by atoms with Gasteiger partial charge in [-0.1, -0.05) is 60.7 Å². The van der Waals surface area contributed by atoms with Crippen molar-refractivity contribution in [1.82, 2.24) is 4.90 Å². The Kier molecular flexibility index (Phi) is 7.18. The predicted molar refractivity (Wildman–Crippen MR) is 110 cm³/mol. The van der Waals surface area contributed by atoms with Gasteiger partial charge in [-0.25, -0.2) is 4.39 Å². The van der Waals surface area contributed by atoms with Crippen LogP contribution < -0.4 is 4.74 Å². The molecule has 0 unspecified atom stereocenters. The van der Waals surface area contributed by atoms with E-state index < -0.39 is 6.10 Å². The molecule has 0 saturated carbocycles. The SMILES string of the molecule is Cc1ccccc1OC[C@@H](O)CN(Cc1ccccc1)Cc1ccc(F)cc1. The molecular weight excluding hydrogens is 353 g/mol. The van der Waals surface area contributed by atoms with Crippen molar-refractivity contribution in [3.05, 3.63) is 101 Å². The largest absolute Gasteiger partial charge is 0.491 e. The van der Waals surface area contributed by atoms with E-state index in [0.29, 0.717) is 19.6 Å². The number of hydrogen-bond acceptors (Lipinski definition) is 3. The summed E-state index contributed by atoms with van der Waals surface area (Å²) in [6, 6.07) is 24.4. The molecule has 0 aliphatic rings. The number of hydrogen-bond donors (Lipinski definition) is 1. The van der Waals surface area contributed by atoms with Crippen molar-refractivity contribution in [1.29, 1.82) is 0 Å². The van der Waals surface area contributed by atoms with Crippen molar-refractivity contribution in [2.24, 2.45) is 0 Å². The maximum Gasteiger partial charge on any atom is 0.123 e. The van der Waals surface area contributed by atoms with Gasteiger partial charge in [0.15, 0.2) is 0 Å². The lowest BCUT2D eigenvalue weighted by Crippen LogP contribution is -2.35. The number of para-hydroxylation sites is 1. The monoisotopic (exact) mass is 379 g/mol. The number of rotatable bonds is 9. The second kappa shape index (κ2) is 10.0.